The topological polar surface area (TPSA) is 59.0 Å². The van der Waals surface area contributed by atoms with E-state index in [9.17, 15) is 9.90 Å². The number of hydrogen-bond donors (Lipinski definition) is 1. The molecule has 0 bridgehead atoms. The van der Waals surface area contributed by atoms with Crippen LogP contribution in [-0.4, -0.2) is 30.2 Å². The minimum absolute atomic E-state index is 0.00417. The van der Waals surface area contributed by atoms with Crippen LogP contribution >= 0.6 is 0 Å². The Labute approximate surface area is 218 Å². The van der Waals surface area contributed by atoms with Crippen LogP contribution in [0.4, 0.5) is 0 Å². The quantitative estimate of drug-likeness (QED) is 0.239. The van der Waals surface area contributed by atoms with Gasteiger partial charge in [-0.3, -0.25) is 9.69 Å². The number of aliphatic carboxylic acids is 1. The number of carbonyl (C=O) groups is 1. The Bertz CT molecular complexity index is 1310. The van der Waals surface area contributed by atoms with Gasteiger partial charge in [-0.15, -0.1) is 0 Å². The maximum absolute atomic E-state index is 12.2. The maximum atomic E-state index is 12.2. The summed E-state index contributed by atoms with van der Waals surface area (Å²) >= 11 is 0. The number of nitrogens with zero attached hydrogens (tertiary/aromatic N) is 1. The van der Waals surface area contributed by atoms with Crippen molar-refractivity contribution < 1.29 is 19.4 Å². The zero-order valence-corrected chi connectivity index (χ0v) is 21.5. The van der Waals surface area contributed by atoms with Crippen molar-refractivity contribution in [2.75, 3.05) is 14.2 Å². The Kier molecular flexibility index (Phi) is 8.60. The van der Waals surface area contributed by atoms with Crippen LogP contribution in [0, 0.1) is 0 Å². The molecule has 2 atom stereocenters. The number of methoxy groups -OCH3 is 2. The molecule has 190 valence electrons. The van der Waals surface area contributed by atoms with Gasteiger partial charge in [-0.05, 0) is 52.9 Å². The van der Waals surface area contributed by atoms with Gasteiger partial charge < -0.3 is 14.6 Å². The Morgan fingerprint density at radius 3 is 2.03 bits per heavy atom. The van der Waals surface area contributed by atoms with E-state index in [-0.39, 0.29) is 18.5 Å². The third kappa shape index (κ3) is 6.38. The van der Waals surface area contributed by atoms with Crippen LogP contribution in [-0.2, 0) is 11.3 Å². The van der Waals surface area contributed by atoms with Crippen LogP contribution in [0.25, 0.3) is 11.1 Å². The van der Waals surface area contributed by atoms with Crippen molar-refractivity contribution in [3.8, 4) is 22.6 Å². The number of hydrogen-bond acceptors (Lipinski definition) is 4. The molecule has 0 saturated carbocycles. The fourth-order valence-electron chi connectivity index (χ4n) is 4.77. The minimum Gasteiger partial charge on any atom is -0.493 e. The maximum Gasteiger partial charge on any atom is 0.305 e. The molecule has 0 amide bonds. The molecule has 2 unspecified atom stereocenters. The second kappa shape index (κ2) is 12.2. The van der Waals surface area contributed by atoms with Crippen LogP contribution in [0.3, 0.4) is 0 Å². The normalized spacial score (nSPS) is 12.6. The van der Waals surface area contributed by atoms with Gasteiger partial charge in [-0.25, -0.2) is 0 Å². The van der Waals surface area contributed by atoms with Gasteiger partial charge in [0.2, 0.25) is 0 Å². The summed E-state index contributed by atoms with van der Waals surface area (Å²) in [6.45, 7) is 2.76. The lowest BCUT2D eigenvalue weighted by Gasteiger charge is -2.37. The predicted molar refractivity (Wildman–Crippen MR) is 147 cm³/mol. The van der Waals surface area contributed by atoms with Crippen molar-refractivity contribution >= 4 is 5.97 Å². The zero-order chi connectivity index (χ0) is 26.2. The highest BCUT2D eigenvalue weighted by molar-refractivity contribution is 5.70. The summed E-state index contributed by atoms with van der Waals surface area (Å²) in [5.74, 6) is 0.479. The molecule has 0 aliphatic rings. The highest BCUT2D eigenvalue weighted by Crippen LogP contribution is 2.37. The van der Waals surface area contributed by atoms with Crippen LogP contribution in [0.5, 0.6) is 11.5 Å². The highest BCUT2D eigenvalue weighted by Gasteiger charge is 2.28. The fourth-order valence-corrected chi connectivity index (χ4v) is 4.77. The Hall–Kier alpha value is -4.09. The number of carboxylic acid groups (broad SMARTS) is 1. The van der Waals surface area contributed by atoms with Gasteiger partial charge in [0.05, 0.1) is 20.6 Å². The first kappa shape index (κ1) is 26.0. The van der Waals surface area contributed by atoms with E-state index in [1.165, 1.54) is 0 Å². The van der Waals surface area contributed by atoms with E-state index in [2.05, 4.69) is 42.2 Å². The second-order valence-corrected chi connectivity index (χ2v) is 9.05. The van der Waals surface area contributed by atoms with E-state index in [1.807, 2.05) is 72.8 Å². The zero-order valence-electron chi connectivity index (χ0n) is 21.5. The first-order valence-corrected chi connectivity index (χ1v) is 12.4. The van der Waals surface area contributed by atoms with Crippen molar-refractivity contribution in [3.63, 3.8) is 0 Å². The van der Waals surface area contributed by atoms with Gasteiger partial charge >= 0.3 is 5.97 Å². The standard InChI is InChI=1S/C32H33NO4/c1-23(25-13-8-5-9-14-25)33(22-24-11-6-4-7-12-24)29(21-32(34)35)28-16-10-15-26(19-28)27-17-18-30(36-2)31(20-27)37-3/h4-20,23,29H,21-22H2,1-3H3,(H,34,35). The van der Waals surface area contributed by atoms with Crippen molar-refractivity contribution in [2.24, 2.45) is 0 Å². The first-order valence-electron chi connectivity index (χ1n) is 12.4. The summed E-state index contributed by atoms with van der Waals surface area (Å²) < 4.78 is 10.9. The van der Waals surface area contributed by atoms with Gasteiger partial charge in [0, 0.05) is 18.6 Å². The van der Waals surface area contributed by atoms with Crippen LogP contribution < -0.4 is 9.47 Å². The molecule has 0 radical (unpaired) electrons. The van der Waals surface area contributed by atoms with E-state index >= 15 is 0 Å². The summed E-state index contributed by atoms with van der Waals surface area (Å²) in [5.41, 5.74) is 5.19. The molecular weight excluding hydrogens is 462 g/mol. The number of rotatable bonds is 11. The highest BCUT2D eigenvalue weighted by atomic mass is 16.5. The Morgan fingerprint density at radius 2 is 1.38 bits per heavy atom. The lowest BCUT2D eigenvalue weighted by Crippen LogP contribution is -2.32. The molecule has 0 aliphatic carbocycles. The molecule has 0 aliphatic heterocycles. The lowest BCUT2D eigenvalue weighted by molar-refractivity contribution is -0.138. The largest absolute Gasteiger partial charge is 0.493 e. The molecule has 0 saturated heterocycles. The number of benzene rings is 4. The van der Waals surface area contributed by atoms with Crippen molar-refractivity contribution in [1.82, 2.24) is 4.90 Å². The van der Waals surface area contributed by atoms with Crippen molar-refractivity contribution in [3.05, 3.63) is 120 Å². The molecule has 0 spiro atoms. The smallest absolute Gasteiger partial charge is 0.305 e. The van der Waals surface area contributed by atoms with E-state index in [0.717, 1.165) is 27.8 Å². The first-order chi connectivity index (χ1) is 18.0. The molecular formula is C32H33NO4. The summed E-state index contributed by atoms with van der Waals surface area (Å²) in [5, 5.41) is 9.97. The number of ether oxygens (including phenoxy) is 2. The molecule has 5 nitrogen and oxygen atoms in total. The molecule has 37 heavy (non-hydrogen) atoms. The van der Waals surface area contributed by atoms with Crippen molar-refractivity contribution in [1.29, 1.82) is 0 Å². The Balaban J connectivity index is 1.78. The van der Waals surface area contributed by atoms with Gasteiger partial charge in [0.25, 0.3) is 0 Å². The minimum atomic E-state index is -0.833. The summed E-state index contributed by atoms with van der Waals surface area (Å²) in [6.07, 6.45) is -0.0145. The van der Waals surface area contributed by atoms with Gasteiger partial charge in [0.15, 0.2) is 11.5 Å². The van der Waals surface area contributed by atoms with Crippen molar-refractivity contribution in [2.45, 2.75) is 32.0 Å². The molecule has 0 heterocycles. The average Bonchev–Trinajstić information content (AvgIpc) is 2.95. The Morgan fingerprint density at radius 1 is 0.757 bits per heavy atom. The second-order valence-electron chi connectivity index (χ2n) is 9.05. The SMILES string of the molecule is COc1ccc(-c2cccc(C(CC(=O)O)N(Cc3ccccc3)C(C)c3ccccc3)c2)cc1OC. The molecule has 0 fully saturated rings. The van der Waals surface area contributed by atoms with Gasteiger partial charge in [0.1, 0.15) is 0 Å². The fraction of sp³-hybridized carbons (Fsp3) is 0.219. The monoisotopic (exact) mass is 495 g/mol. The molecule has 5 heteroatoms. The molecule has 4 rings (SSSR count). The predicted octanol–water partition coefficient (Wildman–Crippen LogP) is 7.15. The van der Waals surface area contributed by atoms with E-state index in [4.69, 9.17) is 9.47 Å². The summed E-state index contributed by atoms with van der Waals surface area (Å²) in [6, 6.07) is 34.0. The third-order valence-electron chi connectivity index (χ3n) is 6.74. The van der Waals surface area contributed by atoms with Crippen LogP contribution in [0.15, 0.2) is 103 Å². The summed E-state index contributed by atoms with van der Waals surface area (Å²) in [4.78, 5) is 14.4. The average molecular weight is 496 g/mol. The molecule has 4 aromatic rings. The van der Waals surface area contributed by atoms with Crippen LogP contribution in [0.2, 0.25) is 0 Å². The van der Waals surface area contributed by atoms with E-state index in [0.29, 0.717) is 18.0 Å². The summed E-state index contributed by atoms with van der Waals surface area (Å²) in [7, 11) is 3.23. The lowest BCUT2D eigenvalue weighted by atomic mass is 9.94. The molecule has 4 aromatic carbocycles. The van der Waals surface area contributed by atoms with Gasteiger partial charge in [-0.2, -0.15) is 0 Å². The van der Waals surface area contributed by atoms with Gasteiger partial charge in [-0.1, -0.05) is 84.9 Å². The number of carboxylic acids is 1. The molecule has 0 aromatic heterocycles. The molecule has 1 N–H and O–H groups in total. The van der Waals surface area contributed by atoms with E-state index < -0.39 is 5.97 Å². The van der Waals surface area contributed by atoms with E-state index in [1.54, 1.807) is 14.2 Å². The van der Waals surface area contributed by atoms with Crippen LogP contribution in [0.1, 0.15) is 42.1 Å². The third-order valence-corrected chi connectivity index (χ3v) is 6.74.